The molecular formula is C10H6ClFN2OS. The summed E-state index contributed by atoms with van der Waals surface area (Å²) in [4.78, 5) is 12.2. The van der Waals surface area contributed by atoms with Gasteiger partial charge in [0.15, 0.2) is 5.78 Å². The number of carbonyl (C=O) groups excluding carboxylic acids is 1. The highest BCUT2D eigenvalue weighted by atomic mass is 35.5. The Kier molecular flexibility index (Phi) is 3.26. The molecule has 0 spiro atoms. The fourth-order valence-corrected chi connectivity index (χ4v) is 1.90. The van der Waals surface area contributed by atoms with Gasteiger partial charge in [-0.05, 0) is 29.2 Å². The summed E-state index contributed by atoms with van der Waals surface area (Å²) in [6.07, 6.45) is 1.54. The third-order valence-electron chi connectivity index (χ3n) is 2.00. The van der Waals surface area contributed by atoms with Gasteiger partial charge < -0.3 is 0 Å². The maximum absolute atomic E-state index is 12.8. The van der Waals surface area contributed by atoms with E-state index in [1.807, 2.05) is 0 Å². The summed E-state index contributed by atoms with van der Waals surface area (Å²) in [7, 11) is 0. The van der Waals surface area contributed by atoms with Gasteiger partial charge in [-0.15, -0.1) is 5.10 Å². The third kappa shape index (κ3) is 2.43. The van der Waals surface area contributed by atoms with Crippen molar-refractivity contribution >= 4 is 28.9 Å². The van der Waals surface area contributed by atoms with Crippen LogP contribution in [-0.4, -0.2) is 15.4 Å². The molecule has 3 nitrogen and oxygen atoms in total. The Bertz CT molecular complexity index is 516. The molecule has 2 rings (SSSR count). The molecule has 0 aliphatic rings. The first-order valence-corrected chi connectivity index (χ1v) is 5.56. The molecule has 0 aliphatic heterocycles. The number of Topliss-reactive ketones (excluding diaryl/α,β-unsaturated/α-hetero) is 1. The van der Waals surface area contributed by atoms with Crippen molar-refractivity contribution in [2.45, 2.75) is 6.42 Å². The van der Waals surface area contributed by atoms with Crippen LogP contribution in [0.15, 0.2) is 24.4 Å². The monoisotopic (exact) mass is 256 g/mol. The molecule has 1 aromatic carbocycles. The van der Waals surface area contributed by atoms with Crippen LogP contribution in [0.1, 0.15) is 15.2 Å². The number of benzene rings is 1. The molecule has 0 unspecified atom stereocenters. The minimum atomic E-state index is -0.416. The number of halogens is 2. The highest BCUT2D eigenvalue weighted by Crippen LogP contribution is 2.19. The van der Waals surface area contributed by atoms with Gasteiger partial charge in [-0.1, -0.05) is 22.2 Å². The standard InChI is InChI=1S/C10H6ClFN2OS/c11-8-4-7(12)2-1-6(8)3-9(15)10-5-13-14-16-10/h1-2,4-5H,3H2. The molecule has 6 heteroatoms. The van der Waals surface area contributed by atoms with E-state index in [1.54, 1.807) is 0 Å². The van der Waals surface area contributed by atoms with Crippen LogP contribution in [0.3, 0.4) is 0 Å². The van der Waals surface area contributed by atoms with E-state index in [1.165, 1.54) is 24.4 Å². The Morgan fingerprint density at radius 1 is 1.50 bits per heavy atom. The number of ketones is 1. The van der Waals surface area contributed by atoms with E-state index in [0.717, 1.165) is 11.5 Å². The SMILES string of the molecule is O=C(Cc1ccc(F)cc1Cl)c1cnns1. The van der Waals surface area contributed by atoms with Crippen LogP contribution in [0, 0.1) is 5.82 Å². The zero-order valence-corrected chi connectivity index (χ0v) is 9.56. The summed E-state index contributed by atoms with van der Waals surface area (Å²) in [6, 6.07) is 3.97. The van der Waals surface area contributed by atoms with Crippen molar-refractivity contribution in [3.8, 4) is 0 Å². The molecule has 0 amide bonds. The molecule has 16 heavy (non-hydrogen) atoms. The van der Waals surface area contributed by atoms with Gasteiger partial charge in [0.25, 0.3) is 0 Å². The van der Waals surface area contributed by atoms with Crippen LogP contribution in [0.2, 0.25) is 5.02 Å². The topological polar surface area (TPSA) is 42.9 Å². The fraction of sp³-hybridized carbons (Fsp3) is 0.100. The average Bonchev–Trinajstić information content (AvgIpc) is 2.75. The second kappa shape index (κ2) is 4.67. The first kappa shape index (κ1) is 11.2. The van der Waals surface area contributed by atoms with Crippen molar-refractivity contribution in [1.82, 2.24) is 9.59 Å². The summed E-state index contributed by atoms with van der Waals surface area (Å²) in [5.41, 5.74) is 0.599. The van der Waals surface area contributed by atoms with E-state index in [2.05, 4.69) is 9.59 Å². The minimum Gasteiger partial charge on any atom is -0.293 e. The number of nitrogens with zero attached hydrogens (tertiary/aromatic N) is 2. The van der Waals surface area contributed by atoms with Crippen molar-refractivity contribution in [3.63, 3.8) is 0 Å². The molecule has 0 aliphatic carbocycles. The number of hydrogen-bond acceptors (Lipinski definition) is 4. The van der Waals surface area contributed by atoms with Crippen LogP contribution >= 0.6 is 23.1 Å². The Hall–Kier alpha value is -1.33. The number of hydrogen-bond donors (Lipinski definition) is 0. The summed E-state index contributed by atoms with van der Waals surface area (Å²) in [6.45, 7) is 0. The number of aromatic nitrogens is 2. The second-order valence-electron chi connectivity index (χ2n) is 3.12. The third-order valence-corrected chi connectivity index (χ3v) is 3.06. The smallest absolute Gasteiger partial charge is 0.180 e. The minimum absolute atomic E-state index is 0.122. The molecule has 0 bridgehead atoms. The number of carbonyl (C=O) groups is 1. The van der Waals surface area contributed by atoms with Crippen LogP contribution in [0.5, 0.6) is 0 Å². The molecule has 0 saturated carbocycles. The Morgan fingerprint density at radius 2 is 2.31 bits per heavy atom. The van der Waals surface area contributed by atoms with Gasteiger partial charge in [-0.25, -0.2) is 4.39 Å². The molecular weight excluding hydrogens is 251 g/mol. The molecule has 0 radical (unpaired) electrons. The lowest BCUT2D eigenvalue weighted by Gasteiger charge is -2.01. The maximum Gasteiger partial charge on any atom is 0.180 e. The van der Waals surface area contributed by atoms with E-state index in [-0.39, 0.29) is 17.2 Å². The highest BCUT2D eigenvalue weighted by molar-refractivity contribution is 7.07. The fourth-order valence-electron chi connectivity index (χ4n) is 1.22. The normalized spacial score (nSPS) is 10.4. The van der Waals surface area contributed by atoms with Gasteiger partial charge in [0.2, 0.25) is 0 Å². The van der Waals surface area contributed by atoms with Gasteiger partial charge in [0.1, 0.15) is 10.7 Å². The van der Waals surface area contributed by atoms with Crippen molar-refractivity contribution in [3.05, 3.63) is 45.7 Å². The van der Waals surface area contributed by atoms with E-state index in [0.29, 0.717) is 10.4 Å². The highest BCUT2D eigenvalue weighted by Gasteiger charge is 2.12. The molecule has 82 valence electrons. The Labute approximate surface area is 100 Å². The van der Waals surface area contributed by atoms with E-state index in [9.17, 15) is 9.18 Å². The Morgan fingerprint density at radius 3 is 2.94 bits per heavy atom. The summed E-state index contributed by atoms with van der Waals surface area (Å²) in [5, 5.41) is 3.83. The molecule has 0 atom stereocenters. The molecule has 0 fully saturated rings. The van der Waals surface area contributed by atoms with Crippen molar-refractivity contribution in [2.75, 3.05) is 0 Å². The largest absolute Gasteiger partial charge is 0.293 e. The van der Waals surface area contributed by atoms with Gasteiger partial charge in [-0.2, -0.15) is 0 Å². The second-order valence-corrected chi connectivity index (χ2v) is 4.31. The summed E-state index contributed by atoms with van der Waals surface area (Å²) in [5.74, 6) is -0.538. The summed E-state index contributed by atoms with van der Waals surface area (Å²) < 4.78 is 16.4. The lowest BCUT2D eigenvalue weighted by Crippen LogP contribution is -2.02. The molecule has 0 N–H and O–H groups in total. The van der Waals surface area contributed by atoms with Gasteiger partial charge in [0, 0.05) is 11.4 Å². The van der Waals surface area contributed by atoms with E-state index in [4.69, 9.17) is 11.6 Å². The van der Waals surface area contributed by atoms with Gasteiger partial charge in [-0.3, -0.25) is 4.79 Å². The molecule has 0 saturated heterocycles. The first-order chi connectivity index (χ1) is 7.66. The zero-order valence-electron chi connectivity index (χ0n) is 7.98. The van der Waals surface area contributed by atoms with E-state index < -0.39 is 5.82 Å². The first-order valence-electron chi connectivity index (χ1n) is 4.41. The van der Waals surface area contributed by atoms with Crippen molar-refractivity contribution < 1.29 is 9.18 Å². The van der Waals surface area contributed by atoms with Crippen molar-refractivity contribution in [1.29, 1.82) is 0 Å². The molecule has 2 aromatic rings. The molecule has 1 aromatic heterocycles. The zero-order chi connectivity index (χ0) is 11.5. The van der Waals surface area contributed by atoms with Crippen molar-refractivity contribution in [2.24, 2.45) is 0 Å². The lowest BCUT2D eigenvalue weighted by molar-refractivity contribution is 0.0996. The predicted molar refractivity (Wildman–Crippen MR) is 59.4 cm³/mol. The quantitative estimate of drug-likeness (QED) is 0.793. The predicted octanol–water partition coefficient (Wildman–Crippen LogP) is 2.76. The number of rotatable bonds is 3. The van der Waals surface area contributed by atoms with Crippen LogP contribution in [0.4, 0.5) is 4.39 Å². The molecule has 1 heterocycles. The van der Waals surface area contributed by atoms with Crippen LogP contribution in [-0.2, 0) is 6.42 Å². The lowest BCUT2D eigenvalue weighted by atomic mass is 10.1. The summed E-state index contributed by atoms with van der Waals surface area (Å²) >= 11 is 6.85. The van der Waals surface area contributed by atoms with Gasteiger partial charge in [0.05, 0.1) is 6.20 Å². The van der Waals surface area contributed by atoms with Gasteiger partial charge >= 0.3 is 0 Å². The van der Waals surface area contributed by atoms with Crippen LogP contribution < -0.4 is 0 Å². The maximum atomic E-state index is 12.8. The average molecular weight is 257 g/mol. The van der Waals surface area contributed by atoms with E-state index >= 15 is 0 Å². The van der Waals surface area contributed by atoms with Crippen LogP contribution in [0.25, 0.3) is 0 Å². The Balaban J connectivity index is 2.18.